The minimum atomic E-state index is 0.222. The van der Waals surface area contributed by atoms with E-state index in [1.165, 1.54) is 30.5 Å². The minimum Gasteiger partial charge on any atom is -0.381 e. The van der Waals surface area contributed by atoms with Crippen LogP contribution >= 0.6 is 0 Å². The Balaban J connectivity index is 2.02. The molecular weight excluding hydrogens is 220 g/mol. The van der Waals surface area contributed by atoms with E-state index in [-0.39, 0.29) is 5.41 Å². The Morgan fingerprint density at radius 2 is 1.67 bits per heavy atom. The topological polar surface area (TPSA) is 38.0 Å². The molecule has 0 spiro atoms. The second-order valence-corrected chi connectivity index (χ2v) is 6.53. The molecule has 2 rings (SSSR count). The van der Waals surface area contributed by atoms with Crippen LogP contribution < -0.4 is 11.1 Å². The first-order valence-corrected chi connectivity index (χ1v) is 7.09. The Kier molecular flexibility index (Phi) is 3.96. The predicted molar refractivity (Wildman–Crippen MR) is 79.0 cm³/mol. The van der Waals surface area contributed by atoms with Crippen molar-refractivity contribution >= 4 is 5.69 Å². The highest BCUT2D eigenvalue weighted by Gasteiger charge is 2.21. The Morgan fingerprint density at radius 3 is 2.22 bits per heavy atom. The maximum absolute atomic E-state index is 6.16. The zero-order valence-electron chi connectivity index (χ0n) is 11.9. The molecule has 0 bridgehead atoms. The van der Waals surface area contributed by atoms with Crippen LogP contribution in [0.1, 0.15) is 52.0 Å². The molecule has 0 amide bonds. The fraction of sp³-hybridized carbons (Fsp3) is 0.625. The normalized spacial score (nSPS) is 24.9. The second kappa shape index (κ2) is 5.31. The summed E-state index contributed by atoms with van der Waals surface area (Å²) in [5, 5.41) is 3.58. The molecule has 3 N–H and O–H groups in total. The Bertz CT molecular complexity index is 375. The van der Waals surface area contributed by atoms with Gasteiger partial charge in [0.1, 0.15) is 0 Å². The van der Waals surface area contributed by atoms with Crippen molar-refractivity contribution in [2.45, 2.75) is 64.0 Å². The quantitative estimate of drug-likeness (QED) is 0.835. The van der Waals surface area contributed by atoms with E-state index in [1.807, 2.05) is 0 Å². The lowest BCUT2D eigenvalue weighted by Gasteiger charge is -2.30. The molecule has 0 saturated heterocycles. The Labute approximate surface area is 111 Å². The molecule has 0 heterocycles. The first-order valence-electron chi connectivity index (χ1n) is 7.09. The van der Waals surface area contributed by atoms with E-state index in [4.69, 9.17) is 5.73 Å². The molecule has 1 fully saturated rings. The van der Waals surface area contributed by atoms with Crippen LogP contribution in [0, 0.1) is 0 Å². The van der Waals surface area contributed by atoms with Crippen LogP contribution in [0.2, 0.25) is 0 Å². The first-order chi connectivity index (χ1) is 8.47. The minimum absolute atomic E-state index is 0.222. The zero-order valence-corrected chi connectivity index (χ0v) is 11.9. The van der Waals surface area contributed by atoms with E-state index in [9.17, 15) is 0 Å². The van der Waals surface area contributed by atoms with E-state index < -0.39 is 0 Å². The molecule has 1 aromatic rings. The van der Waals surface area contributed by atoms with Crippen LogP contribution in [0.5, 0.6) is 0 Å². The molecule has 1 saturated carbocycles. The third kappa shape index (κ3) is 3.26. The number of rotatable bonds is 2. The van der Waals surface area contributed by atoms with E-state index >= 15 is 0 Å². The lowest BCUT2D eigenvalue weighted by Crippen LogP contribution is -2.42. The highest BCUT2D eigenvalue weighted by Crippen LogP contribution is 2.25. The van der Waals surface area contributed by atoms with Gasteiger partial charge in [0.25, 0.3) is 0 Å². The maximum atomic E-state index is 6.16. The van der Waals surface area contributed by atoms with Crippen molar-refractivity contribution in [1.82, 2.24) is 0 Å². The maximum Gasteiger partial charge on any atom is 0.0412 e. The highest BCUT2D eigenvalue weighted by molar-refractivity contribution is 5.47. The van der Waals surface area contributed by atoms with Gasteiger partial charge in [-0.3, -0.25) is 0 Å². The van der Waals surface area contributed by atoms with Crippen LogP contribution in [0.3, 0.4) is 0 Å². The number of nitrogens with one attached hydrogen (secondary N) is 1. The SMILES string of the molecule is CC(C)(C)c1ccc(N[C@@H]2CCCC[C@@H]2N)cc1. The number of nitrogens with two attached hydrogens (primary N) is 1. The zero-order chi connectivity index (χ0) is 13.2. The summed E-state index contributed by atoms with van der Waals surface area (Å²) in [5.41, 5.74) is 8.96. The fourth-order valence-corrected chi connectivity index (χ4v) is 2.62. The Morgan fingerprint density at radius 1 is 1.06 bits per heavy atom. The summed E-state index contributed by atoms with van der Waals surface area (Å²) >= 11 is 0. The van der Waals surface area contributed by atoms with Crippen molar-refractivity contribution in [1.29, 1.82) is 0 Å². The Hall–Kier alpha value is -1.02. The molecule has 1 aromatic carbocycles. The van der Waals surface area contributed by atoms with Crippen LogP contribution in [0.4, 0.5) is 5.69 Å². The van der Waals surface area contributed by atoms with Gasteiger partial charge in [-0.2, -0.15) is 0 Å². The highest BCUT2D eigenvalue weighted by atomic mass is 15.0. The molecule has 0 unspecified atom stereocenters. The average molecular weight is 246 g/mol. The lowest BCUT2D eigenvalue weighted by atomic mass is 9.87. The summed E-state index contributed by atoms with van der Waals surface area (Å²) in [4.78, 5) is 0. The first kappa shape index (κ1) is 13.4. The molecule has 2 nitrogen and oxygen atoms in total. The summed E-state index contributed by atoms with van der Waals surface area (Å²) in [6, 6.07) is 9.55. The average Bonchev–Trinajstić information content (AvgIpc) is 2.32. The monoisotopic (exact) mass is 246 g/mol. The molecular formula is C16H26N2. The third-order valence-corrected chi connectivity index (χ3v) is 3.92. The fourth-order valence-electron chi connectivity index (χ4n) is 2.62. The van der Waals surface area contributed by atoms with Crippen molar-refractivity contribution in [3.63, 3.8) is 0 Å². The molecule has 1 aliphatic carbocycles. The van der Waals surface area contributed by atoms with Gasteiger partial charge in [-0.05, 0) is 36.0 Å². The molecule has 2 atom stereocenters. The molecule has 18 heavy (non-hydrogen) atoms. The standard InChI is InChI=1S/C16H26N2/c1-16(2,3)12-8-10-13(11-9-12)18-15-7-5-4-6-14(15)17/h8-11,14-15,18H,4-7,17H2,1-3H3/t14-,15+/m0/s1. The van der Waals surface area contributed by atoms with E-state index in [0.717, 1.165) is 6.42 Å². The summed E-state index contributed by atoms with van der Waals surface area (Å²) in [6.07, 6.45) is 4.92. The largest absolute Gasteiger partial charge is 0.381 e. The van der Waals surface area contributed by atoms with Crippen LogP contribution in [0.15, 0.2) is 24.3 Å². The number of benzene rings is 1. The van der Waals surface area contributed by atoms with Crippen LogP contribution in [-0.2, 0) is 5.41 Å². The smallest absolute Gasteiger partial charge is 0.0412 e. The molecule has 1 aliphatic rings. The van der Waals surface area contributed by atoms with Crippen molar-refractivity contribution < 1.29 is 0 Å². The van der Waals surface area contributed by atoms with Crippen LogP contribution in [0.25, 0.3) is 0 Å². The van der Waals surface area contributed by atoms with Gasteiger partial charge >= 0.3 is 0 Å². The summed E-state index contributed by atoms with van der Waals surface area (Å²) in [7, 11) is 0. The molecule has 0 aromatic heterocycles. The molecule has 0 radical (unpaired) electrons. The summed E-state index contributed by atoms with van der Waals surface area (Å²) < 4.78 is 0. The number of hydrogen-bond acceptors (Lipinski definition) is 2. The van der Waals surface area contributed by atoms with Crippen LogP contribution in [-0.4, -0.2) is 12.1 Å². The van der Waals surface area contributed by atoms with Gasteiger partial charge in [0.15, 0.2) is 0 Å². The summed E-state index contributed by atoms with van der Waals surface area (Å²) in [6.45, 7) is 6.73. The predicted octanol–water partition coefficient (Wildman–Crippen LogP) is 3.67. The van der Waals surface area contributed by atoms with Gasteiger partial charge in [0, 0.05) is 17.8 Å². The van der Waals surface area contributed by atoms with E-state index in [2.05, 4.69) is 50.4 Å². The molecule has 100 valence electrons. The number of hydrogen-bond donors (Lipinski definition) is 2. The van der Waals surface area contributed by atoms with Crippen molar-refractivity contribution in [2.75, 3.05) is 5.32 Å². The summed E-state index contributed by atoms with van der Waals surface area (Å²) in [5.74, 6) is 0. The van der Waals surface area contributed by atoms with Gasteiger partial charge < -0.3 is 11.1 Å². The van der Waals surface area contributed by atoms with E-state index in [1.54, 1.807) is 0 Å². The van der Waals surface area contributed by atoms with Crippen molar-refractivity contribution in [3.8, 4) is 0 Å². The third-order valence-electron chi connectivity index (χ3n) is 3.92. The van der Waals surface area contributed by atoms with Gasteiger partial charge in [-0.25, -0.2) is 0 Å². The molecule has 2 heteroatoms. The molecule has 0 aliphatic heterocycles. The van der Waals surface area contributed by atoms with Gasteiger partial charge in [-0.1, -0.05) is 45.7 Å². The van der Waals surface area contributed by atoms with Gasteiger partial charge in [0.05, 0.1) is 0 Å². The van der Waals surface area contributed by atoms with Crippen molar-refractivity contribution in [2.24, 2.45) is 5.73 Å². The lowest BCUT2D eigenvalue weighted by molar-refractivity contribution is 0.404. The van der Waals surface area contributed by atoms with Gasteiger partial charge in [0.2, 0.25) is 0 Å². The van der Waals surface area contributed by atoms with Gasteiger partial charge in [-0.15, -0.1) is 0 Å². The second-order valence-electron chi connectivity index (χ2n) is 6.53. The van der Waals surface area contributed by atoms with E-state index in [0.29, 0.717) is 12.1 Å². The van der Waals surface area contributed by atoms with Crippen molar-refractivity contribution in [3.05, 3.63) is 29.8 Å². The number of anilines is 1.